The summed E-state index contributed by atoms with van der Waals surface area (Å²) in [4.78, 5) is 0. The van der Waals surface area contributed by atoms with E-state index in [2.05, 4.69) is 6.92 Å². The third kappa shape index (κ3) is 2.55. The van der Waals surface area contributed by atoms with Gasteiger partial charge in [0.1, 0.15) is 11.5 Å². The van der Waals surface area contributed by atoms with E-state index in [0.29, 0.717) is 11.7 Å². The molecule has 0 heterocycles. The van der Waals surface area contributed by atoms with Crippen LogP contribution < -0.4 is 9.47 Å². The molecule has 1 aliphatic carbocycles. The molecule has 2 unspecified atom stereocenters. The Morgan fingerprint density at radius 3 is 2.47 bits per heavy atom. The smallest absolute Gasteiger partial charge is 0.128 e. The van der Waals surface area contributed by atoms with E-state index in [4.69, 9.17) is 9.47 Å². The lowest BCUT2D eigenvalue weighted by atomic mass is 9.92. The van der Waals surface area contributed by atoms with Gasteiger partial charge in [-0.2, -0.15) is 0 Å². The summed E-state index contributed by atoms with van der Waals surface area (Å²) in [7, 11) is 3.24. The van der Waals surface area contributed by atoms with Crippen LogP contribution in [0.3, 0.4) is 0 Å². The average molecular weight is 236 g/mol. The zero-order valence-electron chi connectivity index (χ0n) is 10.6. The van der Waals surface area contributed by atoms with Crippen molar-refractivity contribution in [3.8, 4) is 11.5 Å². The van der Waals surface area contributed by atoms with Gasteiger partial charge in [-0.25, -0.2) is 0 Å². The van der Waals surface area contributed by atoms with Gasteiger partial charge in [0.2, 0.25) is 0 Å². The summed E-state index contributed by atoms with van der Waals surface area (Å²) in [5.74, 6) is 2.40. The molecule has 0 amide bonds. The highest BCUT2D eigenvalue weighted by Crippen LogP contribution is 2.44. The van der Waals surface area contributed by atoms with Crippen molar-refractivity contribution in [3.05, 3.63) is 23.8 Å². The minimum Gasteiger partial charge on any atom is -0.497 e. The van der Waals surface area contributed by atoms with Gasteiger partial charge in [0.25, 0.3) is 0 Å². The first-order valence-electron chi connectivity index (χ1n) is 6.07. The highest BCUT2D eigenvalue weighted by atomic mass is 16.5. The number of benzene rings is 1. The second-order valence-corrected chi connectivity index (χ2v) is 4.75. The fourth-order valence-electron chi connectivity index (χ4n) is 2.23. The summed E-state index contributed by atoms with van der Waals surface area (Å²) in [6.45, 7) is 2.10. The van der Waals surface area contributed by atoms with Crippen LogP contribution in [0.15, 0.2) is 18.2 Å². The minimum atomic E-state index is -0.455. The van der Waals surface area contributed by atoms with Crippen molar-refractivity contribution in [2.24, 2.45) is 11.8 Å². The van der Waals surface area contributed by atoms with Gasteiger partial charge >= 0.3 is 0 Å². The van der Waals surface area contributed by atoms with Gasteiger partial charge in [-0.1, -0.05) is 6.92 Å². The van der Waals surface area contributed by atoms with Gasteiger partial charge in [0.05, 0.1) is 20.3 Å². The monoisotopic (exact) mass is 236 g/mol. The molecular weight excluding hydrogens is 216 g/mol. The Kier molecular flexibility index (Phi) is 3.57. The Labute approximate surface area is 102 Å². The fraction of sp³-hybridized carbons (Fsp3) is 0.571. The van der Waals surface area contributed by atoms with E-state index < -0.39 is 6.10 Å². The maximum absolute atomic E-state index is 10.4. The second kappa shape index (κ2) is 4.96. The average Bonchev–Trinajstić information content (AvgIpc) is 3.20. The molecule has 1 aromatic carbocycles. The molecule has 1 aromatic rings. The highest BCUT2D eigenvalue weighted by Gasteiger charge is 2.34. The lowest BCUT2D eigenvalue weighted by Crippen LogP contribution is -2.12. The third-order valence-electron chi connectivity index (χ3n) is 3.62. The first-order valence-corrected chi connectivity index (χ1v) is 6.07. The number of ether oxygens (including phenoxy) is 2. The number of hydrogen-bond acceptors (Lipinski definition) is 3. The number of hydrogen-bond donors (Lipinski definition) is 1. The summed E-state index contributed by atoms with van der Waals surface area (Å²) >= 11 is 0. The van der Waals surface area contributed by atoms with E-state index in [1.54, 1.807) is 14.2 Å². The van der Waals surface area contributed by atoms with Gasteiger partial charge in [0.15, 0.2) is 0 Å². The summed E-state index contributed by atoms with van der Waals surface area (Å²) in [6.07, 6.45) is 2.01. The molecule has 3 nitrogen and oxygen atoms in total. The van der Waals surface area contributed by atoms with E-state index in [1.165, 1.54) is 12.8 Å². The molecule has 1 fully saturated rings. The van der Waals surface area contributed by atoms with Crippen molar-refractivity contribution in [3.63, 3.8) is 0 Å². The van der Waals surface area contributed by atoms with E-state index in [1.807, 2.05) is 18.2 Å². The van der Waals surface area contributed by atoms with Gasteiger partial charge in [0, 0.05) is 11.6 Å². The second-order valence-electron chi connectivity index (χ2n) is 4.75. The van der Waals surface area contributed by atoms with Crippen LogP contribution in [0.5, 0.6) is 11.5 Å². The Bertz CT molecular complexity index is 385. The molecule has 0 bridgehead atoms. The topological polar surface area (TPSA) is 38.7 Å². The predicted molar refractivity (Wildman–Crippen MR) is 66.4 cm³/mol. The Balaban J connectivity index is 2.23. The largest absolute Gasteiger partial charge is 0.497 e. The number of aliphatic hydroxyl groups excluding tert-OH is 1. The van der Waals surface area contributed by atoms with Crippen LogP contribution in [-0.2, 0) is 0 Å². The van der Waals surface area contributed by atoms with Crippen molar-refractivity contribution >= 4 is 0 Å². The molecule has 2 rings (SSSR count). The number of rotatable bonds is 5. The fourth-order valence-corrected chi connectivity index (χ4v) is 2.23. The van der Waals surface area contributed by atoms with E-state index in [9.17, 15) is 5.11 Å². The number of aliphatic hydroxyl groups is 1. The molecule has 1 aliphatic rings. The zero-order valence-corrected chi connectivity index (χ0v) is 10.6. The van der Waals surface area contributed by atoms with Gasteiger partial charge < -0.3 is 14.6 Å². The van der Waals surface area contributed by atoms with Crippen molar-refractivity contribution < 1.29 is 14.6 Å². The Hall–Kier alpha value is -1.22. The molecule has 2 atom stereocenters. The lowest BCUT2D eigenvalue weighted by Gasteiger charge is -2.21. The van der Waals surface area contributed by atoms with E-state index >= 15 is 0 Å². The van der Waals surface area contributed by atoms with Crippen LogP contribution >= 0.6 is 0 Å². The quantitative estimate of drug-likeness (QED) is 0.854. The molecule has 17 heavy (non-hydrogen) atoms. The van der Waals surface area contributed by atoms with Crippen molar-refractivity contribution in [1.29, 1.82) is 0 Å². The maximum atomic E-state index is 10.4. The van der Waals surface area contributed by atoms with Crippen molar-refractivity contribution in [2.45, 2.75) is 25.9 Å². The molecular formula is C14H20O3. The normalized spacial score (nSPS) is 18.6. The molecule has 0 aliphatic heterocycles. The molecule has 3 heteroatoms. The highest BCUT2D eigenvalue weighted by molar-refractivity contribution is 5.42. The van der Waals surface area contributed by atoms with Crippen LogP contribution in [0.2, 0.25) is 0 Å². The molecule has 1 N–H and O–H groups in total. The minimum absolute atomic E-state index is 0.289. The number of methoxy groups -OCH3 is 2. The lowest BCUT2D eigenvalue weighted by molar-refractivity contribution is 0.103. The van der Waals surface area contributed by atoms with Gasteiger partial charge in [-0.15, -0.1) is 0 Å². The van der Waals surface area contributed by atoms with Crippen LogP contribution in [0, 0.1) is 11.8 Å². The third-order valence-corrected chi connectivity index (χ3v) is 3.62. The maximum Gasteiger partial charge on any atom is 0.128 e. The van der Waals surface area contributed by atoms with Crippen LogP contribution in [0.4, 0.5) is 0 Å². The van der Waals surface area contributed by atoms with Gasteiger partial charge in [-0.3, -0.25) is 0 Å². The standard InChI is InChI=1S/C14H20O3/c1-9(10-4-5-10)14(15)12-7-6-11(16-2)8-13(12)17-3/h6-10,14-15H,4-5H2,1-3H3. The van der Waals surface area contributed by atoms with Crippen molar-refractivity contribution in [2.75, 3.05) is 14.2 Å². The predicted octanol–water partition coefficient (Wildman–Crippen LogP) is 2.78. The van der Waals surface area contributed by atoms with E-state index in [0.717, 1.165) is 11.3 Å². The molecule has 94 valence electrons. The first-order chi connectivity index (χ1) is 8.17. The van der Waals surface area contributed by atoms with Gasteiger partial charge in [-0.05, 0) is 36.8 Å². The van der Waals surface area contributed by atoms with Crippen LogP contribution in [-0.4, -0.2) is 19.3 Å². The van der Waals surface area contributed by atoms with Crippen LogP contribution in [0.25, 0.3) is 0 Å². The Morgan fingerprint density at radius 1 is 1.24 bits per heavy atom. The summed E-state index contributed by atoms with van der Waals surface area (Å²) in [5.41, 5.74) is 0.854. The van der Waals surface area contributed by atoms with E-state index in [-0.39, 0.29) is 5.92 Å². The summed E-state index contributed by atoms with van der Waals surface area (Å²) in [5, 5.41) is 10.4. The molecule has 0 saturated heterocycles. The van der Waals surface area contributed by atoms with Crippen molar-refractivity contribution in [1.82, 2.24) is 0 Å². The Morgan fingerprint density at radius 2 is 1.94 bits per heavy atom. The molecule has 0 spiro atoms. The molecule has 0 radical (unpaired) electrons. The van der Waals surface area contributed by atoms with Crippen LogP contribution in [0.1, 0.15) is 31.4 Å². The SMILES string of the molecule is COc1ccc(C(O)C(C)C2CC2)c(OC)c1. The first kappa shape index (κ1) is 12.2. The molecule has 0 aromatic heterocycles. The summed E-state index contributed by atoms with van der Waals surface area (Å²) < 4.78 is 10.5. The molecule has 1 saturated carbocycles. The summed E-state index contributed by atoms with van der Waals surface area (Å²) in [6, 6.07) is 5.57. The zero-order chi connectivity index (χ0) is 12.4.